The molecule has 1 aromatic heterocycles. The van der Waals surface area contributed by atoms with Gasteiger partial charge in [-0.05, 0) is 49.4 Å². The Morgan fingerprint density at radius 1 is 1.19 bits per heavy atom. The number of rotatable bonds is 4. The maximum atomic E-state index is 12.5. The third-order valence-corrected chi connectivity index (χ3v) is 6.45. The van der Waals surface area contributed by atoms with Crippen LogP contribution < -0.4 is 0 Å². The van der Waals surface area contributed by atoms with E-state index in [1.165, 1.54) is 0 Å². The van der Waals surface area contributed by atoms with E-state index in [-0.39, 0.29) is 17.4 Å². The third kappa shape index (κ3) is 3.78. The van der Waals surface area contributed by atoms with Crippen LogP contribution in [-0.4, -0.2) is 33.2 Å². The highest BCUT2D eigenvalue weighted by Crippen LogP contribution is 2.42. The van der Waals surface area contributed by atoms with Gasteiger partial charge in [0.25, 0.3) is 10.1 Å². The van der Waals surface area contributed by atoms with Crippen molar-refractivity contribution in [3.63, 3.8) is 0 Å². The lowest BCUT2D eigenvalue weighted by Crippen LogP contribution is -2.32. The van der Waals surface area contributed by atoms with Crippen molar-refractivity contribution in [2.24, 2.45) is 5.92 Å². The van der Waals surface area contributed by atoms with Crippen LogP contribution in [0.25, 0.3) is 0 Å². The number of nitrogens with zero attached hydrogens (tertiary/aromatic N) is 1. The van der Waals surface area contributed by atoms with Crippen LogP contribution in [-0.2, 0) is 36.0 Å². The molecule has 0 radical (unpaired) electrons. The fourth-order valence-corrected chi connectivity index (χ4v) is 4.71. The fourth-order valence-electron chi connectivity index (χ4n) is 3.73. The van der Waals surface area contributed by atoms with Gasteiger partial charge in [-0.3, -0.25) is 9.17 Å². The normalized spacial score (nSPS) is 21.7. The van der Waals surface area contributed by atoms with Crippen molar-refractivity contribution in [2.45, 2.75) is 36.9 Å². The summed E-state index contributed by atoms with van der Waals surface area (Å²) in [6.45, 7) is 3.02. The molecule has 0 amide bonds. The van der Waals surface area contributed by atoms with E-state index in [4.69, 9.17) is 13.7 Å². The lowest BCUT2D eigenvalue weighted by molar-refractivity contribution is -0.182. The van der Waals surface area contributed by atoms with Crippen LogP contribution >= 0.6 is 0 Å². The summed E-state index contributed by atoms with van der Waals surface area (Å²) < 4.78 is 42.3. The van der Waals surface area contributed by atoms with Crippen molar-refractivity contribution >= 4 is 10.1 Å². The topological polar surface area (TPSA) is 74.7 Å². The largest absolute Gasteiger partial charge is 0.342 e. The number of hydrogen-bond acceptors (Lipinski definition) is 6. The molecule has 7 heteroatoms. The molecule has 0 bridgehead atoms. The summed E-state index contributed by atoms with van der Waals surface area (Å²) in [7, 11) is -3.79. The SMILES string of the molecule is Cc1ccc(S(=O)(=O)OCC2CCc3cccnc3C3(C2)OCCO3)cc1. The molecule has 0 N–H and O–H groups in total. The van der Waals surface area contributed by atoms with E-state index in [2.05, 4.69) is 4.98 Å². The van der Waals surface area contributed by atoms with Crippen LogP contribution in [0.15, 0.2) is 47.5 Å². The lowest BCUT2D eigenvalue weighted by atomic mass is 9.97. The van der Waals surface area contributed by atoms with Gasteiger partial charge in [0, 0.05) is 12.6 Å². The molecule has 1 aromatic carbocycles. The highest BCUT2D eigenvalue weighted by atomic mass is 32.2. The molecule has 144 valence electrons. The second-order valence-electron chi connectivity index (χ2n) is 7.12. The standard InChI is InChI=1S/C20H23NO5S/c1-15-4-8-18(9-5-15)27(22,23)26-14-16-6-7-17-3-2-10-21-19(17)20(13-16)24-11-12-25-20/h2-5,8-10,16H,6-7,11-14H2,1H3. The molecule has 1 aliphatic heterocycles. The van der Waals surface area contributed by atoms with Gasteiger partial charge >= 0.3 is 0 Å². The van der Waals surface area contributed by atoms with Gasteiger partial charge in [0.05, 0.1) is 24.7 Å². The first-order valence-corrected chi connectivity index (χ1v) is 10.6. The lowest BCUT2D eigenvalue weighted by Gasteiger charge is -2.29. The number of pyridine rings is 1. The number of aryl methyl sites for hydroxylation is 2. The molecule has 4 rings (SSSR count). The van der Waals surface area contributed by atoms with E-state index in [0.29, 0.717) is 19.6 Å². The third-order valence-electron chi connectivity index (χ3n) is 5.15. The molecule has 2 heterocycles. The van der Waals surface area contributed by atoms with E-state index >= 15 is 0 Å². The van der Waals surface area contributed by atoms with Gasteiger partial charge in [0.1, 0.15) is 5.69 Å². The van der Waals surface area contributed by atoms with Crippen LogP contribution in [0.1, 0.15) is 29.7 Å². The summed E-state index contributed by atoms with van der Waals surface area (Å²) in [5, 5.41) is 0. The number of aromatic nitrogens is 1. The summed E-state index contributed by atoms with van der Waals surface area (Å²) in [5.74, 6) is -0.910. The van der Waals surface area contributed by atoms with Gasteiger partial charge in [0.15, 0.2) is 0 Å². The predicted molar refractivity (Wildman–Crippen MR) is 98.6 cm³/mol. The van der Waals surface area contributed by atoms with Crippen LogP contribution in [0.2, 0.25) is 0 Å². The van der Waals surface area contributed by atoms with Crippen LogP contribution in [0.5, 0.6) is 0 Å². The molecule has 1 saturated heterocycles. The Morgan fingerprint density at radius 3 is 2.67 bits per heavy atom. The van der Waals surface area contributed by atoms with Crippen molar-refractivity contribution < 1.29 is 22.1 Å². The Hall–Kier alpha value is -1.80. The minimum absolute atomic E-state index is 0.0162. The summed E-state index contributed by atoms with van der Waals surface area (Å²) in [5.41, 5.74) is 2.90. The minimum Gasteiger partial charge on any atom is -0.342 e. The molecule has 2 aromatic rings. The summed E-state index contributed by atoms with van der Waals surface area (Å²) in [6.07, 6.45) is 3.84. The Labute approximate surface area is 159 Å². The second-order valence-corrected chi connectivity index (χ2v) is 8.74. The van der Waals surface area contributed by atoms with Crippen molar-refractivity contribution in [1.29, 1.82) is 0 Å². The zero-order valence-electron chi connectivity index (χ0n) is 15.3. The second kappa shape index (κ2) is 7.31. The first kappa shape index (κ1) is 18.6. The molecule has 1 aliphatic carbocycles. The molecule has 1 spiro atoms. The van der Waals surface area contributed by atoms with Crippen LogP contribution in [0.3, 0.4) is 0 Å². The zero-order chi connectivity index (χ0) is 18.9. The van der Waals surface area contributed by atoms with Crippen molar-refractivity contribution in [2.75, 3.05) is 19.8 Å². The zero-order valence-corrected chi connectivity index (χ0v) is 16.1. The smallest absolute Gasteiger partial charge is 0.296 e. The molecule has 2 aliphatic rings. The maximum Gasteiger partial charge on any atom is 0.296 e. The maximum absolute atomic E-state index is 12.5. The van der Waals surface area contributed by atoms with E-state index in [9.17, 15) is 8.42 Å². The van der Waals surface area contributed by atoms with Crippen molar-refractivity contribution in [1.82, 2.24) is 4.98 Å². The molecule has 27 heavy (non-hydrogen) atoms. The Morgan fingerprint density at radius 2 is 1.93 bits per heavy atom. The van der Waals surface area contributed by atoms with Gasteiger partial charge in [-0.2, -0.15) is 8.42 Å². The van der Waals surface area contributed by atoms with E-state index in [1.54, 1.807) is 30.5 Å². The Bertz CT molecular complexity index is 904. The summed E-state index contributed by atoms with van der Waals surface area (Å²) >= 11 is 0. The van der Waals surface area contributed by atoms with Crippen LogP contribution in [0, 0.1) is 12.8 Å². The molecule has 1 unspecified atom stereocenters. The average Bonchev–Trinajstić information content (AvgIpc) is 3.07. The van der Waals surface area contributed by atoms with Gasteiger partial charge in [-0.25, -0.2) is 0 Å². The number of fused-ring (bicyclic) bond motifs is 2. The minimum atomic E-state index is -3.79. The highest BCUT2D eigenvalue weighted by molar-refractivity contribution is 7.86. The number of benzene rings is 1. The summed E-state index contributed by atoms with van der Waals surface area (Å²) in [6, 6.07) is 10.6. The molecule has 6 nitrogen and oxygen atoms in total. The monoisotopic (exact) mass is 389 g/mol. The van der Waals surface area contributed by atoms with E-state index < -0.39 is 15.9 Å². The summed E-state index contributed by atoms with van der Waals surface area (Å²) in [4.78, 5) is 4.68. The van der Waals surface area contributed by atoms with Gasteiger partial charge in [-0.1, -0.05) is 23.8 Å². The van der Waals surface area contributed by atoms with Crippen molar-refractivity contribution in [3.8, 4) is 0 Å². The van der Waals surface area contributed by atoms with Gasteiger partial charge in [-0.15, -0.1) is 0 Å². The molecule has 0 saturated carbocycles. The first-order valence-electron chi connectivity index (χ1n) is 9.17. The fraction of sp³-hybridized carbons (Fsp3) is 0.450. The average molecular weight is 389 g/mol. The Balaban J connectivity index is 1.51. The molecular formula is C20H23NO5S. The number of ether oxygens (including phenoxy) is 2. The van der Waals surface area contributed by atoms with Crippen LogP contribution in [0.4, 0.5) is 0 Å². The quantitative estimate of drug-likeness (QED) is 0.749. The first-order chi connectivity index (χ1) is 13.0. The molecule has 1 fully saturated rings. The van der Waals surface area contributed by atoms with Gasteiger partial charge in [0.2, 0.25) is 5.79 Å². The highest BCUT2D eigenvalue weighted by Gasteiger charge is 2.45. The van der Waals surface area contributed by atoms with E-state index in [0.717, 1.165) is 29.7 Å². The van der Waals surface area contributed by atoms with E-state index in [1.807, 2.05) is 19.1 Å². The molecular weight excluding hydrogens is 366 g/mol. The predicted octanol–water partition coefficient (Wildman–Crippen LogP) is 2.95. The van der Waals surface area contributed by atoms with Crippen molar-refractivity contribution in [3.05, 3.63) is 59.4 Å². The molecule has 1 atom stereocenters. The number of hydrogen-bond donors (Lipinski definition) is 0. The van der Waals surface area contributed by atoms with Gasteiger partial charge < -0.3 is 9.47 Å². The Kier molecular flexibility index (Phi) is 5.03.